The van der Waals surface area contributed by atoms with E-state index >= 15 is 0 Å². The minimum atomic E-state index is -0.500. The standard InChI is InChI=1S/C13H12N4O3/c1-20-11-8-9(5-7-15-11)12(18)16-17-13(19)10-4-2-3-6-14-10/h2-8H,1H3,(H,16,18)(H,17,19). The van der Waals surface area contributed by atoms with Crippen molar-refractivity contribution in [2.75, 3.05) is 7.11 Å². The summed E-state index contributed by atoms with van der Waals surface area (Å²) in [7, 11) is 1.45. The Labute approximate surface area is 115 Å². The highest BCUT2D eigenvalue weighted by Gasteiger charge is 2.10. The predicted molar refractivity (Wildman–Crippen MR) is 70.0 cm³/mol. The normalized spacial score (nSPS) is 9.65. The number of carbonyl (C=O) groups excluding carboxylic acids is 2. The summed E-state index contributed by atoms with van der Waals surface area (Å²) in [5.41, 5.74) is 5.09. The molecule has 2 heterocycles. The van der Waals surface area contributed by atoms with Crippen LogP contribution in [0.5, 0.6) is 5.88 Å². The number of ether oxygens (including phenoxy) is 1. The number of rotatable bonds is 3. The number of nitrogens with zero attached hydrogens (tertiary/aromatic N) is 2. The van der Waals surface area contributed by atoms with E-state index in [4.69, 9.17) is 4.74 Å². The van der Waals surface area contributed by atoms with Gasteiger partial charge >= 0.3 is 0 Å². The van der Waals surface area contributed by atoms with Crippen LogP contribution in [0.25, 0.3) is 0 Å². The Morgan fingerprint density at radius 3 is 2.55 bits per heavy atom. The van der Waals surface area contributed by atoms with Crippen molar-refractivity contribution in [2.24, 2.45) is 0 Å². The molecule has 2 aromatic heterocycles. The van der Waals surface area contributed by atoms with Gasteiger partial charge in [0.25, 0.3) is 11.8 Å². The Balaban J connectivity index is 1.97. The number of pyridine rings is 2. The number of hydrogen-bond donors (Lipinski definition) is 2. The highest BCUT2D eigenvalue weighted by molar-refractivity contribution is 5.98. The van der Waals surface area contributed by atoms with E-state index in [0.29, 0.717) is 11.4 Å². The molecule has 0 atom stereocenters. The van der Waals surface area contributed by atoms with Gasteiger partial charge < -0.3 is 4.74 Å². The van der Waals surface area contributed by atoms with Gasteiger partial charge in [0.2, 0.25) is 5.88 Å². The SMILES string of the molecule is COc1cc(C(=O)NNC(=O)c2ccccn2)ccn1. The maximum Gasteiger partial charge on any atom is 0.288 e. The van der Waals surface area contributed by atoms with Crippen molar-refractivity contribution in [1.82, 2.24) is 20.8 Å². The third-order valence-electron chi connectivity index (χ3n) is 2.39. The molecule has 2 amide bonds. The molecule has 7 heteroatoms. The fourth-order valence-corrected chi connectivity index (χ4v) is 1.41. The molecule has 2 rings (SSSR count). The molecule has 0 radical (unpaired) electrons. The number of hydrazine groups is 1. The van der Waals surface area contributed by atoms with Crippen molar-refractivity contribution < 1.29 is 14.3 Å². The van der Waals surface area contributed by atoms with Crippen LogP contribution in [-0.4, -0.2) is 28.9 Å². The third kappa shape index (κ3) is 3.29. The fraction of sp³-hybridized carbons (Fsp3) is 0.0769. The van der Waals surface area contributed by atoms with Crippen LogP contribution >= 0.6 is 0 Å². The van der Waals surface area contributed by atoms with Crippen LogP contribution in [-0.2, 0) is 0 Å². The van der Waals surface area contributed by atoms with E-state index in [1.807, 2.05) is 0 Å². The first-order chi connectivity index (χ1) is 9.70. The summed E-state index contributed by atoms with van der Waals surface area (Å²) in [6.45, 7) is 0. The topological polar surface area (TPSA) is 93.2 Å². The molecule has 0 unspecified atom stereocenters. The zero-order valence-electron chi connectivity index (χ0n) is 10.7. The van der Waals surface area contributed by atoms with Crippen molar-refractivity contribution in [2.45, 2.75) is 0 Å². The average molecular weight is 272 g/mol. The Morgan fingerprint density at radius 2 is 1.85 bits per heavy atom. The molecular formula is C13H12N4O3. The lowest BCUT2D eigenvalue weighted by Crippen LogP contribution is -2.41. The van der Waals surface area contributed by atoms with Crippen LogP contribution in [0.15, 0.2) is 42.7 Å². The van der Waals surface area contributed by atoms with Crippen molar-refractivity contribution in [3.8, 4) is 5.88 Å². The Bertz CT molecular complexity index is 616. The van der Waals surface area contributed by atoms with Gasteiger partial charge in [-0.2, -0.15) is 0 Å². The van der Waals surface area contributed by atoms with Crippen LogP contribution < -0.4 is 15.6 Å². The molecule has 0 bridgehead atoms. The quantitative estimate of drug-likeness (QED) is 0.796. The van der Waals surface area contributed by atoms with Crippen LogP contribution in [0.1, 0.15) is 20.8 Å². The van der Waals surface area contributed by atoms with Gasteiger partial charge in [0.1, 0.15) is 5.69 Å². The Morgan fingerprint density at radius 1 is 1.05 bits per heavy atom. The number of nitrogens with one attached hydrogen (secondary N) is 2. The smallest absolute Gasteiger partial charge is 0.288 e. The molecule has 0 aliphatic rings. The van der Waals surface area contributed by atoms with Crippen LogP contribution in [0, 0.1) is 0 Å². The van der Waals surface area contributed by atoms with Gasteiger partial charge in [0, 0.05) is 24.0 Å². The van der Waals surface area contributed by atoms with Gasteiger partial charge in [0.05, 0.1) is 7.11 Å². The van der Waals surface area contributed by atoms with E-state index in [1.165, 1.54) is 37.7 Å². The first-order valence-corrected chi connectivity index (χ1v) is 5.72. The molecule has 0 spiro atoms. The first kappa shape index (κ1) is 13.5. The molecule has 0 fully saturated rings. The largest absolute Gasteiger partial charge is 0.481 e. The molecule has 0 saturated carbocycles. The molecule has 2 aromatic rings. The van der Waals surface area contributed by atoms with E-state index in [0.717, 1.165) is 0 Å². The second kappa shape index (κ2) is 6.28. The number of aromatic nitrogens is 2. The van der Waals surface area contributed by atoms with Crippen LogP contribution in [0.3, 0.4) is 0 Å². The average Bonchev–Trinajstić information content (AvgIpc) is 2.53. The van der Waals surface area contributed by atoms with E-state index in [2.05, 4.69) is 20.8 Å². The van der Waals surface area contributed by atoms with Crippen molar-refractivity contribution in [3.05, 3.63) is 54.0 Å². The number of hydrogen-bond acceptors (Lipinski definition) is 5. The summed E-state index contributed by atoms with van der Waals surface area (Å²) in [6.07, 6.45) is 2.93. The van der Waals surface area contributed by atoms with E-state index in [1.54, 1.807) is 12.1 Å². The Kier molecular flexibility index (Phi) is 4.23. The second-order valence-corrected chi connectivity index (χ2v) is 3.71. The number of methoxy groups -OCH3 is 1. The maximum absolute atomic E-state index is 11.8. The van der Waals surface area contributed by atoms with E-state index < -0.39 is 11.8 Å². The van der Waals surface area contributed by atoms with Gasteiger partial charge in [-0.3, -0.25) is 25.4 Å². The van der Waals surface area contributed by atoms with Crippen molar-refractivity contribution >= 4 is 11.8 Å². The van der Waals surface area contributed by atoms with Gasteiger partial charge in [-0.15, -0.1) is 0 Å². The lowest BCUT2D eigenvalue weighted by atomic mass is 10.2. The summed E-state index contributed by atoms with van der Waals surface area (Å²) in [5.74, 6) is -0.663. The van der Waals surface area contributed by atoms with Crippen LogP contribution in [0.2, 0.25) is 0 Å². The highest BCUT2D eigenvalue weighted by Crippen LogP contribution is 2.07. The summed E-state index contributed by atoms with van der Waals surface area (Å²) in [6, 6.07) is 7.88. The molecule has 0 aromatic carbocycles. The van der Waals surface area contributed by atoms with Gasteiger partial charge in [-0.1, -0.05) is 6.07 Å². The molecule has 2 N–H and O–H groups in total. The molecule has 0 aliphatic carbocycles. The molecule has 0 saturated heterocycles. The number of carbonyl (C=O) groups is 2. The summed E-state index contributed by atoms with van der Waals surface area (Å²) in [5, 5.41) is 0. The zero-order chi connectivity index (χ0) is 14.4. The Hall–Kier alpha value is -2.96. The lowest BCUT2D eigenvalue weighted by Gasteiger charge is -2.07. The molecule has 20 heavy (non-hydrogen) atoms. The van der Waals surface area contributed by atoms with Gasteiger partial charge in [-0.05, 0) is 18.2 Å². The monoisotopic (exact) mass is 272 g/mol. The number of amides is 2. The summed E-state index contributed by atoms with van der Waals surface area (Å²) < 4.78 is 4.91. The molecule has 102 valence electrons. The van der Waals surface area contributed by atoms with Gasteiger partial charge in [-0.25, -0.2) is 4.98 Å². The van der Waals surface area contributed by atoms with Crippen molar-refractivity contribution in [1.29, 1.82) is 0 Å². The minimum absolute atomic E-state index is 0.208. The lowest BCUT2D eigenvalue weighted by molar-refractivity contribution is 0.0843. The molecule has 0 aliphatic heterocycles. The first-order valence-electron chi connectivity index (χ1n) is 5.72. The van der Waals surface area contributed by atoms with Gasteiger partial charge in [0.15, 0.2) is 0 Å². The van der Waals surface area contributed by atoms with E-state index in [9.17, 15) is 9.59 Å². The molecular weight excluding hydrogens is 260 g/mol. The second-order valence-electron chi connectivity index (χ2n) is 3.71. The minimum Gasteiger partial charge on any atom is -0.481 e. The molecule has 7 nitrogen and oxygen atoms in total. The third-order valence-corrected chi connectivity index (χ3v) is 2.39. The van der Waals surface area contributed by atoms with E-state index in [-0.39, 0.29) is 5.69 Å². The van der Waals surface area contributed by atoms with Crippen LogP contribution in [0.4, 0.5) is 0 Å². The maximum atomic E-state index is 11.8. The fourth-order valence-electron chi connectivity index (χ4n) is 1.41. The predicted octanol–water partition coefficient (Wildman–Crippen LogP) is 0.560. The van der Waals surface area contributed by atoms with Crippen molar-refractivity contribution in [3.63, 3.8) is 0 Å². The zero-order valence-corrected chi connectivity index (χ0v) is 10.7. The highest BCUT2D eigenvalue weighted by atomic mass is 16.5. The summed E-state index contributed by atoms with van der Waals surface area (Å²) in [4.78, 5) is 31.2. The summed E-state index contributed by atoms with van der Waals surface area (Å²) >= 11 is 0.